The van der Waals surface area contributed by atoms with Gasteiger partial charge in [-0.15, -0.1) is 0 Å². The number of amides is 1. The maximum absolute atomic E-state index is 14.3. The number of hydrogen-bond acceptors (Lipinski definition) is 10. The Morgan fingerprint density at radius 2 is 1.62 bits per heavy atom. The van der Waals surface area contributed by atoms with E-state index in [4.69, 9.17) is 13.9 Å². The number of benzene rings is 4. The van der Waals surface area contributed by atoms with E-state index in [-0.39, 0.29) is 58.0 Å². The second-order valence-corrected chi connectivity index (χ2v) is 11.6. The lowest BCUT2D eigenvalue weighted by atomic mass is 9.94. The number of hydrogen-bond donors (Lipinski definition) is 3. The van der Waals surface area contributed by atoms with E-state index in [0.717, 1.165) is 4.90 Å². The third-order valence-corrected chi connectivity index (χ3v) is 8.65. The zero-order valence-electron chi connectivity index (χ0n) is 27.5. The first-order chi connectivity index (χ1) is 24.0. The summed E-state index contributed by atoms with van der Waals surface area (Å²) >= 11 is 0. The number of ketones is 1. The maximum Gasteiger partial charge on any atom is 0.280 e. The number of fused-ring (bicyclic) bond motifs is 1. The van der Waals surface area contributed by atoms with Crippen molar-refractivity contribution in [2.24, 2.45) is 0 Å². The fourth-order valence-electron chi connectivity index (χ4n) is 5.76. The van der Waals surface area contributed by atoms with Crippen LogP contribution in [-0.2, 0) is 6.54 Å². The summed E-state index contributed by atoms with van der Waals surface area (Å²) in [6, 6.07) is 18.8. The summed E-state index contributed by atoms with van der Waals surface area (Å²) in [6.07, 6.45) is 0.0935. The molecule has 4 aromatic carbocycles. The molecule has 5 rings (SSSR count). The number of nitro benzene ring substituents is 1. The van der Waals surface area contributed by atoms with Gasteiger partial charge in [-0.05, 0) is 60.2 Å². The van der Waals surface area contributed by atoms with Gasteiger partial charge in [0.15, 0.2) is 5.78 Å². The number of ether oxygens (including phenoxy) is 2. The van der Waals surface area contributed by atoms with Crippen molar-refractivity contribution in [3.8, 4) is 33.9 Å². The number of methoxy groups -OCH3 is 2. The van der Waals surface area contributed by atoms with Crippen LogP contribution in [-0.4, -0.2) is 76.4 Å². The largest absolute Gasteiger partial charge is 0.497 e. The molecule has 1 amide bonds. The lowest BCUT2D eigenvalue weighted by Crippen LogP contribution is -2.59. The highest BCUT2D eigenvalue weighted by Crippen LogP contribution is 2.41. The average Bonchev–Trinajstić information content (AvgIpc) is 3.53. The average molecular weight is 687 g/mol. The maximum atomic E-state index is 14.3. The summed E-state index contributed by atoms with van der Waals surface area (Å²) < 4.78 is 30.4. The van der Waals surface area contributed by atoms with E-state index in [1.165, 1.54) is 68.8 Å². The molecule has 0 atom stereocenters. The van der Waals surface area contributed by atoms with Gasteiger partial charge in [0.25, 0.3) is 11.6 Å². The number of carbonyl (C=O) groups is 2. The zero-order chi connectivity index (χ0) is 36.2. The Morgan fingerprint density at radius 1 is 0.920 bits per heavy atom. The number of furan rings is 1. The molecule has 3 N–H and O–H groups in total. The van der Waals surface area contributed by atoms with Crippen molar-refractivity contribution in [3.05, 3.63) is 111 Å². The van der Waals surface area contributed by atoms with Crippen LogP contribution in [0.15, 0.2) is 83.3 Å². The molecule has 0 aliphatic carbocycles. The molecule has 13 heteroatoms. The lowest BCUT2D eigenvalue weighted by Gasteiger charge is -2.40. The molecule has 0 radical (unpaired) electrons. The van der Waals surface area contributed by atoms with Crippen molar-refractivity contribution in [3.63, 3.8) is 0 Å². The third kappa shape index (κ3) is 6.66. The first-order valence-corrected chi connectivity index (χ1v) is 15.5. The summed E-state index contributed by atoms with van der Waals surface area (Å²) in [4.78, 5) is 40.4. The first kappa shape index (κ1) is 35.7. The first-order valence-electron chi connectivity index (χ1n) is 15.5. The van der Waals surface area contributed by atoms with Crippen molar-refractivity contribution in [2.45, 2.75) is 25.4 Å². The normalized spacial score (nSPS) is 11.4. The second kappa shape index (κ2) is 14.9. The van der Waals surface area contributed by atoms with Gasteiger partial charge in [-0.1, -0.05) is 19.1 Å². The molecular formula is C37H35FN2O10. The minimum Gasteiger partial charge on any atom is -0.497 e. The Balaban J connectivity index is 1.66. The van der Waals surface area contributed by atoms with Gasteiger partial charge in [0, 0.05) is 34.6 Å². The summed E-state index contributed by atoms with van der Waals surface area (Å²) in [6.45, 7) is -0.936. The minimum absolute atomic E-state index is 0.0214. The van der Waals surface area contributed by atoms with E-state index < -0.39 is 42.0 Å². The highest BCUT2D eigenvalue weighted by molar-refractivity contribution is 6.13. The van der Waals surface area contributed by atoms with Gasteiger partial charge in [-0.2, -0.15) is 0 Å². The van der Waals surface area contributed by atoms with Crippen molar-refractivity contribution in [1.29, 1.82) is 0 Å². The van der Waals surface area contributed by atoms with Gasteiger partial charge in [-0.3, -0.25) is 19.7 Å². The molecule has 0 saturated carbocycles. The van der Waals surface area contributed by atoms with E-state index in [1.807, 2.05) is 0 Å². The molecule has 50 heavy (non-hydrogen) atoms. The van der Waals surface area contributed by atoms with Crippen molar-refractivity contribution >= 4 is 28.3 Å². The predicted molar refractivity (Wildman–Crippen MR) is 182 cm³/mol. The molecule has 5 aromatic rings. The van der Waals surface area contributed by atoms with E-state index >= 15 is 0 Å². The topological polar surface area (TPSA) is 173 Å². The summed E-state index contributed by atoms with van der Waals surface area (Å²) in [5.74, 6) is -0.533. The van der Waals surface area contributed by atoms with Crippen LogP contribution in [0.1, 0.15) is 39.6 Å². The van der Waals surface area contributed by atoms with Crippen LogP contribution in [0.5, 0.6) is 11.5 Å². The van der Waals surface area contributed by atoms with E-state index in [9.17, 15) is 39.4 Å². The van der Waals surface area contributed by atoms with Crippen LogP contribution >= 0.6 is 0 Å². The van der Waals surface area contributed by atoms with Crippen molar-refractivity contribution in [1.82, 2.24) is 4.90 Å². The van der Waals surface area contributed by atoms with E-state index in [2.05, 4.69) is 0 Å². The molecule has 12 nitrogen and oxygen atoms in total. The Morgan fingerprint density at radius 3 is 2.22 bits per heavy atom. The van der Waals surface area contributed by atoms with Gasteiger partial charge in [-0.25, -0.2) is 4.39 Å². The molecule has 0 bridgehead atoms. The van der Waals surface area contributed by atoms with Crippen LogP contribution < -0.4 is 9.47 Å². The Labute approximate surface area is 286 Å². The highest BCUT2D eigenvalue weighted by atomic mass is 19.1. The van der Waals surface area contributed by atoms with Crippen LogP contribution in [0.4, 0.5) is 10.1 Å². The molecule has 0 unspecified atom stereocenters. The van der Waals surface area contributed by atoms with Crippen LogP contribution in [0.2, 0.25) is 0 Å². The molecular weight excluding hydrogens is 651 g/mol. The lowest BCUT2D eigenvalue weighted by molar-refractivity contribution is -0.384. The van der Waals surface area contributed by atoms with Crippen LogP contribution in [0, 0.1) is 15.9 Å². The summed E-state index contributed by atoms with van der Waals surface area (Å²) in [7, 11) is 2.91. The number of aliphatic hydroxyl groups is 3. The van der Waals surface area contributed by atoms with Crippen LogP contribution in [0.3, 0.4) is 0 Å². The smallest absolute Gasteiger partial charge is 0.280 e. The monoisotopic (exact) mass is 686 g/mol. The molecule has 1 heterocycles. The number of halogens is 1. The van der Waals surface area contributed by atoms with Crippen molar-refractivity contribution < 1.29 is 48.1 Å². The fourth-order valence-corrected chi connectivity index (χ4v) is 5.76. The zero-order valence-corrected chi connectivity index (χ0v) is 27.5. The van der Waals surface area contributed by atoms with Gasteiger partial charge < -0.3 is 34.1 Å². The number of nitro groups is 1. The van der Waals surface area contributed by atoms with Gasteiger partial charge in [0.1, 0.15) is 34.2 Å². The Bertz CT molecular complexity index is 2050. The number of Topliss-reactive ketones (excluding diaryl/α,β-unsaturated/α-hetero) is 1. The number of rotatable bonds is 14. The summed E-state index contributed by atoms with van der Waals surface area (Å²) in [5.41, 5.74) is -0.707. The number of aliphatic hydroxyl groups excluding tert-OH is 3. The van der Waals surface area contributed by atoms with Crippen LogP contribution in [0.25, 0.3) is 33.4 Å². The van der Waals surface area contributed by atoms with Gasteiger partial charge in [0.2, 0.25) is 0 Å². The Kier molecular flexibility index (Phi) is 10.6. The molecule has 0 aliphatic heterocycles. The van der Waals surface area contributed by atoms with E-state index in [0.29, 0.717) is 28.0 Å². The minimum atomic E-state index is -1.81. The van der Waals surface area contributed by atoms with Crippen molar-refractivity contribution in [2.75, 3.05) is 34.0 Å². The van der Waals surface area contributed by atoms with E-state index in [1.54, 1.807) is 31.2 Å². The summed E-state index contributed by atoms with van der Waals surface area (Å²) in [5, 5.41) is 43.7. The highest BCUT2D eigenvalue weighted by Gasteiger charge is 2.40. The molecule has 0 aliphatic rings. The van der Waals surface area contributed by atoms with Gasteiger partial charge >= 0.3 is 0 Å². The quantitative estimate of drug-likeness (QED) is 0.0738. The predicted octanol–water partition coefficient (Wildman–Crippen LogP) is 5.78. The molecule has 0 saturated heterocycles. The number of nitrogens with zero attached hydrogens (tertiary/aromatic N) is 2. The Hall–Kier alpha value is -5.63. The molecule has 0 fully saturated rings. The second-order valence-electron chi connectivity index (χ2n) is 11.6. The number of carbonyl (C=O) groups excluding carboxylic acids is 2. The van der Waals surface area contributed by atoms with Gasteiger partial charge in [0.05, 0.1) is 62.7 Å². The molecule has 1 aromatic heterocycles. The molecule has 260 valence electrons. The molecule has 0 spiro atoms. The standard InChI is InChI=1S/C37H35FN2O10/c1-4-31(44)34-29-16-28(30(40(46)47)17-33(29)50-35(34)22-8-11-26(38)12-9-22)23-6-5-7-24(14-23)36(45)39(37(19-41,20-42)21-43)18-25-10-13-27(48-2)15-32(25)49-3/h5-17,41-43H,4,18-21H2,1-3H3. The SMILES string of the molecule is CCC(=O)c1c(-c2ccc(F)cc2)oc2cc([N+](=O)[O-])c(-c3cccc(C(=O)N(Cc4ccc(OC)cc4OC)C(CO)(CO)CO)c3)cc12. The third-order valence-electron chi connectivity index (χ3n) is 8.65. The fraction of sp³-hybridized carbons (Fsp3) is 0.243.